The van der Waals surface area contributed by atoms with Crippen LogP contribution in [0.4, 0.5) is 5.69 Å². The second-order valence-corrected chi connectivity index (χ2v) is 3.09. The lowest BCUT2D eigenvalue weighted by atomic mass is 10.3. The third-order valence-electron chi connectivity index (χ3n) is 1.73. The fourth-order valence-corrected chi connectivity index (χ4v) is 0.965. The smallest absolute Gasteiger partial charge is 0.273 e. The third kappa shape index (κ3) is 1.80. The number of carbonyl (C=O) groups is 1. The molecule has 0 atom stereocenters. The lowest BCUT2D eigenvalue weighted by Crippen LogP contribution is -2.20. The molecule has 1 heterocycles. The predicted octanol–water partition coefficient (Wildman–Crippen LogP) is 0.406. The van der Waals surface area contributed by atoms with Gasteiger partial charge >= 0.3 is 0 Å². The van der Waals surface area contributed by atoms with Gasteiger partial charge in [0.05, 0.1) is 5.69 Å². The third-order valence-corrected chi connectivity index (χ3v) is 1.73. The highest BCUT2D eigenvalue weighted by Gasteiger charge is 2.13. The van der Waals surface area contributed by atoms with E-state index in [1.807, 2.05) is 13.8 Å². The molecular formula is C8H14N4O. The Hall–Kier alpha value is -1.52. The number of nitrogens with zero attached hydrogens (tertiary/aromatic N) is 2. The summed E-state index contributed by atoms with van der Waals surface area (Å²) in [7, 11) is 1.55. The number of anilines is 1. The van der Waals surface area contributed by atoms with Crippen LogP contribution in [0.5, 0.6) is 0 Å². The molecule has 0 unspecified atom stereocenters. The van der Waals surface area contributed by atoms with Crippen LogP contribution in [-0.4, -0.2) is 22.7 Å². The summed E-state index contributed by atoms with van der Waals surface area (Å²) in [6.07, 6.45) is 1.66. The standard InChI is InChI=1S/C8H14N4O/c1-5(2)12-4-6(9)7(11-12)8(13)10-3/h4-5H,9H2,1-3H3,(H,10,13). The van der Waals surface area contributed by atoms with E-state index in [-0.39, 0.29) is 17.6 Å². The van der Waals surface area contributed by atoms with Crippen LogP contribution in [0, 0.1) is 0 Å². The molecule has 1 aromatic rings. The number of aromatic nitrogens is 2. The van der Waals surface area contributed by atoms with Crippen molar-refractivity contribution in [1.29, 1.82) is 0 Å². The van der Waals surface area contributed by atoms with Crippen molar-refractivity contribution in [3.63, 3.8) is 0 Å². The highest BCUT2D eigenvalue weighted by atomic mass is 16.1. The van der Waals surface area contributed by atoms with E-state index in [1.54, 1.807) is 17.9 Å². The van der Waals surface area contributed by atoms with E-state index in [0.717, 1.165) is 0 Å². The maximum atomic E-state index is 11.2. The average Bonchev–Trinajstić information content (AvgIpc) is 2.46. The van der Waals surface area contributed by atoms with Gasteiger partial charge in [-0.3, -0.25) is 9.48 Å². The van der Waals surface area contributed by atoms with Crippen LogP contribution >= 0.6 is 0 Å². The van der Waals surface area contributed by atoms with Crippen LogP contribution in [0.1, 0.15) is 30.4 Å². The van der Waals surface area contributed by atoms with Crippen molar-refractivity contribution in [3.8, 4) is 0 Å². The predicted molar refractivity (Wildman–Crippen MR) is 50.4 cm³/mol. The van der Waals surface area contributed by atoms with Gasteiger partial charge in [0.25, 0.3) is 5.91 Å². The van der Waals surface area contributed by atoms with Crippen molar-refractivity contribution >= 4 is 11.6 Å². The molecule has 1 amide bonds. The molecular weight excluding hydrogens is 168 g/mol. The Morgan fingerprint density at radius 3 is 2.69 bits per heavy atom. The minimum atomic E-state index is -0.253. The SMILES string of the molecule is CNC(=O)c1nn(C(C)C)cc1N. The molecule has 5 heteroatoms. The van der Waals surface area contributed by atoms with Crippen molar-refractivity contribution in [1.82, 2.24) is 15.1 Å². The van der Waals surface area contributed by atoms with Crippen molar-refractivity contribution in [2.24, 2.45) is 0 Å². The zero-order chi connectivity index (χ0) is 10.0. The number of hydrogen-bond donors (Lipinski definition) is 2. The van der Waals surface area contributed by atoms with Gasteiger partial charge in [-0.05, 0) is 13.8 Å². The summed E-state index contributed by atoms with van der Waals surface area (Å²) in [5.74, 6) is -0.253. The second kappa shape index (κ2) is 3.47. The Morgan fingerprint density at radius 2 is 2.31 bits per heavy atom. The summed E-state index contributed by atoms with van der Waals surface area (Å²) in [5, 5.41) is 6.54. The molecule has 1 rings (SSSR count). The zero-order valence-electron chi connectivity index (χ0n) is 8.03. The van der Waals surface area contributed by atoms with Crippen molar-refractivity contribution < 1.29 is 4.79 Å². The van der Waals surface area contributed by atoms with E-state index >= 15 is 0 Å². The van der Waals surface area contributed by atoms with Crippen LogP contribution in [0.3, 0.4) is 0 Å². The first-order valence-electron chi connectivity index (χ1n) is 4.13. The maximum Gasteiger partial charge on any atom is 0.273 e. The van der Waals surface area contributed by atoms with Gasteiger partial charge < -0.3 is 11.1 Å². The quantitative estimate of drug-likeness (QED) is 0.695. The largest absolute Gasteiger partial charge is 0.396 e. The van der Waals surface area contributed by atoms with Crippen LogP contribution < -0.4 is 11.1 Å². The summed E-state index contributed by atoms with van der Waals surface area (Å²) < 4.78 is 1.67. The summed E-state index contributed by atoms with van der Waals surface area (Å²) in [4.78, 5) is 11.2. The molecule has 0 aliphatic heterocycles. The maximum absolute atomic E-state index is 11.2. The van der Waals surface area contributed by atoms with Gasteiger partial charge in [0, 0.05) is 19.3 Å². The van der Waals surface area contributed by atoms with E-state index in [2.05, 4.69) is 10.4 Å². The molecule has 0 aliphatic carbocycles. The lowest BCUT2D eigenvalue weighted by Gasteiger charge is -2.02. The Morgan fingerprint density at radius 1 is 1.69 bits per heavy atom. The zero-order valence-corrected chi connectivity index (χ0v) is 8.03. The summed E-state index contributed by atoms with van der Waals surface area (Å²) in [5.41, 5.74) is 6.31. The molecule has 13 heavy (non-hydrogen) atoms. The second-order valence-electron chi connectivity index (χ2n) is 3.09. The Kier molecular flexibility index (Phi) is 2.55. The van der Waals surface area contributed by atoms with Gasteiger partial charge in [-0.25, -0.2) is 0 Å². The first-order chi connectivity index (χ1) is 6.06. The van der Waals surface area contributed by atoms with E-state index in [1.165, 1.54) is 0 Å². The molecule has 3 N–H and O–H groups in total. The van der Waals surface area contributed by atoms with Crippen LogP contribution in [0.25, 0.3) is 0 Å². The average molecular weight is 182 g/mol. The minimum Gasteiger partial charge on any atom is -0.396 e. The summed E-state index contributed by atoms with van der Waals surface area (Å²) >= 11 is 0. The molecule has 1 aromatic heterocycles. The monoisotopic (exact) mass is 182 g/mol. The van der Waals surface area contributed by atoms with E-state index < -0.39 is 0 Å². The first-order valence-corrected chi connectivity index (χ1v) is 4.13. The fraction of sp³-hybridized carbons (Fsp3) is 0.500. The highest BCUT2D eigenvalue weighted by Crippen LogP contribution is 2.12. The normalized spacial score (nSPS) is 10.5. The minimum absolute atomic E-state index is 0.209. The van der Waals surface area contributed by atoms with Gasteiger partial charge in [-0.1, -0.05) is 0 Å². The van der Waals surface area contributed by atoms with Crippen LogP contribution in [-0.2, 0) is 0 Å². The molecule has 0 fully saturated rings. The molecule has 5 nitrogen and oxygen atoms in total. The topological polar surface area (TPSA) is 72.9 Å². The van der Waals surface area contributed by atoms with Crippen LogP contribution in [0.15, 0.2) is 6.20 Å². The molecule has 0 saturated heterocycles. The van der Waals surface area contributed by atoms with E-state index in [9.17, 15) is 4.79 Å². The Bertz CT molecular complexity index is 316. The molecule has 0 radical (unpaired) electrons. The number of rotatable bonds is 2. The number of amides is 1. The first kappa shape index (κ1) is 9.57. The van der Waals surface area contributed by atoms with E-state index in [0.29, 0.717) is 5.69 Å². The lowest BCUT2D eigenvalue weighted by molar-refractivity contribution is 0.0958. The number of nitrogens with two attached hydrogens (primary N) is 1. The van der Waals surface area contributed by atoms with Gasteiger partial charge in [-0.15, -0.1) is 0 Å². The number of hydrogen-bond acceptors (Lipinski definition) is 3. The summed E-state index contributed by atoms with van der Waals surface area (Å²) in [6.45, 7) is 3.94. The molecule has 0 spiro atoms. The van der Waals surface area contributed by atoms with Gasteiger partial charge in [0.2, 0.25) is 0 Å². The fourth-order valence-electron chi connectivity index (χ4n) is 0.965. The van der Waals surface area contributed by atoms with Crippen molar-refractivity contribution in [2.45, 2.75) is 19.9 Å². The van der Waals surface area contributed by atoms with Crippen molar-refractivity contribution in [2.75, 3.05) is 12.8 Å². The van der Waals surface area contributed by atoms with Crippen LogP contribution in [0.2, 0.25) is 0 Å². The molecule has 0 bridgehead atoms. The van der Waals surface area contributed by atoms with Crippen molar-refractivity contribution in [3.05, 3.63) is 11.9 Å². The number of nitrogens with one attached hydrogen (secondary N) is 1. The van der Waals surface area contributed by atoms with Gasteiger partial charge in [0.15, 0.2) is 5.69 Å². The Balaban J connectivity index is 3.03. The number of nitrogen functional groups attached to an aromatic ring is 1. The molecule has 0 aliphatic rings. The van der Waals surface area contributed by atoms with Gasteiger partial charge in [0.1, 0.15) is 0 Å². The molecule has 0 aromatic carbocycles. The highest BCUT2D eigenvalue weighted by molar-refractivity contribution is 5.96. The van der Waals surface area contributed by atoms with E-state index in [4.69, 9.17) is 5.73 Å². The molecule has 72 valence electrons. The summed E-state index contributed by atoms with van der Waals surface area (Å²) in [6, 6.07) is 0.209. The number of carbonyl (C=O) groups excluding carboxylic acids is 1. The van der Waals surface area contributed by atoms with Gasteiger partial charge in [-0.2, -0.15) is 5.10 Å². The molecule has 0 saturated carbocycles. The Labute approximate surface area is 76.9 Å².